The zero-order chi connectivity index (χ0) is 11.7. The number of esters is 1. The van der Waals surface area contributed by atoms with Gasteiger partial charge in [-0.15, -0.1) is 0 Å². The topological polar surface area (TPSA) is 31.2 Å². The Balaban J connectivity index is 2.62. The Morgan fingerprint density at radius 3 is 2.75 bits per heavy atom. The molecule has 1 heterocycles. The highest BCUT2D eigenvalue weighted by Crippen LogP contribution is 2.26. The first-order valence-electron chi connectivity index (χ1n) is 4.97. The van der Waals surface area contributed by atoms with Crippen LogP contribution < -0.4 is 0 Å². The van der Waals surface area contributed by atoms with Crippen molar-refractivity contribution in [3.05, 3.63) is 42.6 Å². The van der Waals surface area contributed by atoms with Crippen LogP contribution in [0.5, 0.6) is 0 Å². The van der Waals surface area contributed by atoms with Crippen LogP contribution in [-0.4, -0.2) is 17.6 Å². The minimum absolute atomic E-state index is 0.388. The van der Waals surface area contributed by atoms with Gasteiger partial charge in [0.1, 0.15) is 0 Å². The predicted molar refractivity (Wildman–Crippen MR) is 64.0 cm³/mol. The number of rotatable bonds is 2. The van der Waals surface area contributed by atoms with Crippen LogP contribution in [0.1, 0.15) is 5.56 Å². The van der Waals surface area contributed by atoms with Gasteiger partial charge < -0.3 is 9.30 Å². The Kier molecular flexibility index (Phi) is 2.52. The molecule has 0 radical (unpaired) electrons. The zero-order valence-corrected chi connectivity index (χ0v) is 9.36. The molecule has 0 fully saturated rings. The summed E-state index contributed by atoms with van der Waals surface area (Å²) in [5.74, 6) is -0.392. The summed E-state index contributed by atoms with van der Waals surface area (Å²) in [5, 5.41) is 1.01. The Labute approximate surface area is 93.9 Å². The van der Waals surface area contributed by atoms with Crippen LogP contribution >= 0.6 is 0 Å². The molecule has 0 atom stereocenters. The summed E-state index contributed by atoms with van der Waals surface area (Å²) in [6.07, 6.45) is 1.89. The average molecular weight is 215 g/mol. The van der Waals surface area contributed by atoms with Gasteiger partial charge in [-0.2, -0.15) is 0 Å². The molecule has 16 heavy (non-hydrogen) atoms. The van der Waals surface area contributed by atoms with Crippen molar-refractivity contribution in [3.63, 3.8) is 0 Å². The lowest BCUT2D eigenvalue weighted by Crippen LogP contribution is -2.01. The molecule has 0 aliphatic rings. The number of hydrogen-bond acceptors (Lipinski definition) is 2. The van der Waals surface area contributed by atoms with E-state index in [0.29, 0.717) is 5.57 Å². The first-order chi connectivity index (χ1) is 7.65. The Morgan fingerprint density at radius 2 is 2.06 bits per heavy atom. The van der Waals surface area contributed by atoms with Gasteiger partial charge in [0.15, 0.2) is 0 Å². The van der Waals surface area contributed by atoms with E-state index in [4.69, 9.17) is 0 Å². The summed E-state index contributed by atoms with van der Waals surface area (Å²) in [4.78, 5) is 11.4. The number of aromatic nitrogens is 1. The molecular weight excluding hydrogens is 202 g/mol. The SMILES string of the molecule is C=C(C(=O)OC)c1cn(C)c2ccccc12. The largest absolute Gasteiger partial charge is 0.465 e. The fourth-order valence-corrected chi connectivity index (χ4v) is 1.82. The minimum Gasteiger partial charge on any atom is -0.465 e. The smallest absolute Gasteiger partial charge is 0.337 e. The van der Waals surface area contributed by atoms with Gasteiger partial charge in [-0.05, 0) is 6.07 Å². The van der Waals surface area contributed by atoms with Crippen LogP contribution in [0.2, 0.25) is 0 Å². The molecule has 0 saturated carbocycles. The third-order valence-corrected chi connectivity index (χ3v) is 2.65. The van der Waals surface area contributed by atoms with E-state index < -0.39 is 5.97 Å². The maximum Gasteiger partial charge on any atom is 0.337 e. The molecular formula is C13H13NO2. The molecule has 3 heteroatoms. The van der Waals surface area contributed by atoms with E-state index in [0.717, 1.165) is 16.5 Å². The van der Waals surface area contributed by atoms with E-state index in [-0.39, 0.29) is 0 Å². The van der Waals surface area contributed by atoms with Crippen LogP contribution in [0.15, 0.2) is 37.0 Å². The molecule has 1 aromatic heterocycles. The summed E-state index contributed by atoms with van der Waals surface area (Å²) in [6, 6.07) is 7.88. The summed E-state index contributed by atoms with van der Waals surface area (Å²) >= 11 is 0. The van der Waals surface area contributed by atoms with Crippen molar-refractivity contribution in [1.82, 2.24) is 4.57 Å². The molecule has 0 aliphatic heterocycles. The first-order valence-corrected chi connectivity index (χ1v) is 4.97. The molecule has 0 spiro atoms. The van der Waals surface area contributed by atoms with Crippen LogP contribution in [0.25, 0.3) is 16.5 Å². The summed E-state index contributed by atoms with van der Waals surface area (Å²) < 4.78 is 6.65. The summed E-state index contributed by atoms with van der Waals surface area (Å²) in [5.41, 5.74) is 2.28. The van der Waals surface area contributed by atoms with Crippen molar-refractivity contribution in [2.24, 2.45) is 7.05 Å². The summed E-state index contributed by atoms with van der Waals surface area (Å²) in [6.45, 7) is 3.77. The van der Waals surface area contributed by atoms with Gasteiger partial charge >= 0.3 is 5.97 Å². The van der Waals surface area contributed by atoms with Crippen molar-refractivity contribution in [2.75, 3.05) is 7.11 Å². The number of ether oxygens (including phenoxy) is 1. The Morgan fingerprint density at radius 1 is 1.38 bits per heavy atom. The van der Waals surface area contributed by atoms with Gasteiger partial charge in [0, 0.05) is 29.7 Å². The number of carbonyl (C=O) groups is 1. The highest BCUT2D eigenvalue weighted by atomic mass is 16.5. The number of nitrogens with zero attached hydrogens (tertiary/aromatic N) is 1. The molecule has 2 aromatic rings. The lowest BCUT2D eigenvalue weighted by molar-refractivity contribution is -0.133. The van der Waals surface area contributed by atoms with E-state index in [2.05, 4.69) is 11.3 Å². The molecule has 0 aliphatic carbocycles. The van der Waals surface area contributed by atoms with E-state index in [1.165, 1.54) is 7.11 Å². The molecule has 0 unspecified atom stereocenters. The van der Waals surface area contributed by atoms with Crippen LogP contribution in [-0.2, 0) is 16.6 Å². The fourth-order valence-electron chi connectivity index (χ4n) is 1.82. The number of para-hydroxylation sites is 1. The van der Waals surface area contributed by atoms with Gasteiger partial charge in [-0.1, -0.05) is 24.8 Å². The van der Waals surface area contributed by atoms with Crippen molar-refractivity contribution in [1.29, 1.82) is 0 Å². The number of aryl methyl sites for hydroxylation is 1. The van der Waals surface area contributed by atoms with Crippen LogP contribution in [0.3, 0.4) is 0 Å². The molecule has 2 rings (SSSR count). The van der Waals surface area contributed by atoms with E-state index in [1.54, 1.807) is 0 Å². The van der Waals surface area contributed by atoms with Gasteiger partial charge in [0.25, 0.3) is 0 Å². The van der Waals surface area contributed by atoms with Crippen molar-refractivity contribution >= 4 is 22.4 Å². The second-order valence-electron chi connectivity index (χ2n) is 3.64. The Bertz CT molecular complexity index is 566. The second kappa shape index (κ2) is 3.85. The number of fused-ring (bicyclic) bond motifs is 1. The Hall–Kier alpha value is -2.03. The van der Waals surface area contributed by atoms with Gasteiger partial charge in [-0.25, -0.2) is 4.79 Å². The molecule has 0 amide bonds. The van der Waals surface area contributed by atoms with Crippen LogP contribution in [0.4, 0.5) is 0 Å². The van der Waals surface area contributed by atoms with E-state index in [1.807, 2.05) is 42.1 Å². The third kappa shape index (κ3) is 1.50. The predicted octanol–water partition coefficient (Wildman–Crippen LogP) is 2.36. The molecule has 0 N–H and O–H groups in total. The molecule has 0 bridgehead atoms. The van der Waals surface area contributed by atoms with Crippen molar-refractivity contribution < 1.29 is 9.53 Å². The first kappa shape index (κ1) is 10.5. The van der Waals surface area contributed by atoms with Crippen molar-refractivity contribution in [2.45, 2.75) is 0 Å². The molecule has 0 saturated heterocycles. The van der Waals surface area contributed by atoms with E-state index >= 15 is 0 Å². The number of methoxy groups -OCH3 is 1. The van der Waals surface area contributed by atoms with Gasteiger partial charge in [0.2, 0.25) is 0 Å². The van der Waals surface area contributed by atoms with Crippen LogP contribution in [0, 0.1) is 0 Å². The monoisotopic (exact) mass is 215 g/mol. The van der Waals surface area contributed by atoms with Crippen molar-refractivity contribution in [3.8, 4) is 0 Å². The highest BCUT2D eigenvalue weighted by molar-refractivity contribution is 6.19. The van der Waals surface area contributed by atoms with E-state index in [9.17, 15) is 4.79 Å². The normalized spacial score (nSPS) is 10.4. The molecule has 1 aromatic carbocycles. The number of hydrogen-bond donors (Lipinski definition) is 0. The third-order valence-electron chi connectivity index (χ3n) is 2.65. The quantitative estimate of drug-likeness (QED) is 0.569. The maximum absolute atomic E-state index is 11.4. The number of benzene rings is 1. The zero-order valence-electron chi connectivity index (χ0n) is 9.36. The standard InChI is InChI=1S/C13H13NO2/c1-9(13(15)16-3)11-8-14(2)12-7-5-4-6-10(11)12/h4-8H,1H2,2-3H3. The molecule has 82 valence electrons. The lowest BCUT2D eigenvalue weighted by atomic mass is 10.1. The summed E-state index contributed by atoms with van der Waals surface area (Å²) in [7, 11) is 3.30. The van der Waals surface area contributed by atoms with Gasteiger partial charge in [-0.3, -0.25) is 0 Å². The lowest BCUT2D eigenvalue weighted by Gasteiger charge is -2.01. The van der Waals surface area contributed by atoms with Gasteiger partial charge in [0.05, 0.1) is 12.7 Å². The minimum atomic E-state index is -0.392. The fraction of sp³-hybridized carbons (Fsp3) is 0.154. The highest BCUT2D eigenvalue weighted by Gasteiger charge is 2.14. The molecule has 3 nitrogen and oxygen atoms in total. The maximum atomic E-state index is 11.4. The second-order valence-corrected chi connectivity index (χ2v) is 3.64. The number of carbonyl (C=O) groups excluding carboxylic acids is 1. The average Bonchev–Trinajstić information content (AvgIpc) is 2.65.